The van der Waals surface area contributed by atoms with Gasteiger partial charge in [0.25, 0.3) is 0 Å². The van der Waals surface area contributed by atoms with Gasteiger partial charge in [-0.1, -0.05) is 50.2 Å². The van der Waals surface area contributed by atoms with Crippen LogP contribution in [0.15, 0.2) is 64.5 Å². The van der Waals surface area contributed by atoms with Crippen molar-refractivity contribution in [3.05, 3.63) is 71.6 Å². The van der Waals surface area contributed by atoms with E-state index in [0.29, 0.717) is 29.0 Å². The predicted molar refractivity (Wildman–Crippen MR) is 136 cm³/mol. The van der Waals surface area contributed by atoms with Crippen LogP contribution in [0.1, 0.15) is 37.6 Å². The first-order chi connectivity index (χ1) is 17.0. The molecule has 0 aliphatic carbocycles. The summed E-state index contributed by atoms with van der Waals surface area (Å²) < 4.78 is 12.9. The molecule has 0 radical (unpaired) electrons. The fraction of sp³-hybridized carbons (Fsp3) is 0.231. The molecule has 9 heteroatoms. The Hall–Kier alpha value is -3.98. The molecule has 0 fully saturated rings. The number of carbonyl (C=O) groups is 1. The van der Waals surface area contributed by atoms with E-state index in [1.165, 1.54) is 16.9 Å². The third-order valence-corrected chi connectivity index (χ3v) is 6.50. The SMILES string of the molecule is COc1cccc(-c2csc3nc(NC(=O)CCc4ncc(-c5ccc(C(C)C)cc5)o4)nn23)c1. The zero-order valence-electron chi connectivity index (χ0n) is 19.7. The number of amides is 1. The summed E-state index contributed by atoms with van der Waals surface area (Å²) >= 11 is 1.46. The average molecular weight is 488 g/mol. The van der Waals surface area contributed by atoms with E-state index in [1.807, 2.05) is 41.8 Å². The molecule has 0 spiro atoms. The van der Waals surface area contributed by atoms with E-state index < -0.39 is 0 Å². The predicted octanol–water partition coefficient (Wildman–Crippen LogP) is 5.82. The number of rotatable bonds is 8. The molecule has 3 heterocycles. The van der Waals surface area contributed by atoms with Crippen LogP contribution in [-0.4, -0.2) is 32.6 Å². The summed E-state index contributed by atoms with van der Waals surface area (Å²) in [5, 5.41) is 9.22. The number of carbonyl (C=O) groups excluding carboxylic acids is 1. The number of nitrogens with zero attached hydrogens (tertiary/aromatic N) is 4. The Bertz CT molecular complexity index is 1470. The number of anilines is 1. The van der Waals surface area contributed by atoms with Crippen LogP contribution in [0.25, 0.3) is 27.5 Å². The second-order valence-electron chi connectivity index (χ2n) is 8.43. The topological polar surface area (TPSA) is 94.5 Å². The van der Waals surface area contributed by atoms with Crippen LogP contribution in [0.4, 0.5) is 5.95 Å². The van der Waals surface area contributed by atoms with Crippen molar-refractivity contribution in [3.63, 3.8) is 0 Å². The number of hydrogen-bond acceptors (Lipinski definition) is 7. The Balaban J connectivity index is 1.22. The van der Waals surface area contributed by atoms with Crippen LogP contribution >= 0.6 is 11.3 Å². The molecule has 0 unspecified atom stereocenters. The van der Waals surface area contributed by atoms with Gasteiger partial charge in [-0.05, 0) is 23.6 Å². The van der Waals surface area contributed by atoms with Crippen molar-refractivity contribution < 1.29 is 13.9 Å². The zero-order chi connectivity index (χ0) is 24.4. The van der Waals surface area contributed by atoms with E-state index in [1.54, 1.807) is 17.8 Å². The molecule has 178 valence electrons. The molecule has 0 saturated carbocycles. The van der Waals surface area contributed by atoms with Crippen LogP contribution in [0.3, 0.4) is 0 Å². The first-order valence-electron chi connectivity index (χ1n) is 11.3. The highest BCUT2D eigenvalue weighted by Crippen LogP contribution is 2.28. The van der Waals surface area contributed by atoms with Gasteiger partial charge in [0.15, 0.2) is 11.7 Å². The molecule has 5 aromatic rings. The third-order valence-electron chi connectivity index (χ3n) is 5.68. The van der Waals surface area contributed by atoms with Crippen molar-refractivity contribution in [2.45, 2.75) is 32.6 Å². The minimum absolute atomic E-state index is 0.202. The lowest BCUT2D eigenvalue weighted by Gasteiger charge is -2.05. The quantitative estimate of drug-likeness (QED) is 0.297. The van der Waals surface area contributed by atoms with E-state index in [0.717, 1.165) is 22.6 Å². The van der Waals surface area contributed by atoms with E-state index >= 15 is 0 Å². The van der Waals surface area contributed by atoms with Crippen molar-refractivity contribution in [2.24, 2.45) is 0 Å². The number of nitrogens with one attached hydrogen (secondary N) is 1. The first kappa shape index (κ1) is 22.8. The fourth-order valence-corrected chi connectivity index (χ4v) is 4.55. The number of fused-ring (bicyclic) bond motifs is 1. The summed E-state index contributed by atoms with van der Waals surface area (Å²) in [5.74, 6) is 2.51. The van der Waals surface area contributed by atoms with Crippen molar-refractivity contribution in [1.29, 1.82) is 0 Å². The molecule has 0 bridgehead atoms. The molecule has 5 rings (SSSR count). The van der Waals surface area contributed by atoms with Gasteiger partial charge < -0.3 is 9.15 Å². The van der Waals surface area contributed by atoms with Gasteiger partial charge in [0.05, 0.1) is 19.0 Å². The Labute approximate surface area is 206 Å². The van der Waals surface area contributed by atoms with Gasteiger partial charge in [0, 0.05) is 29.3 Å². The molecule has 1 amide bonds. The van der Waals surface area contributed by atoms with Crippen molar-refractivity contribution in [3.8, 4) is 28.3 Å². The summed E-state index contributed by atoms with van der Waals surface area (Å²) in [5.41, 5.74) is 4.07. The van der Waals surface area contributed by atoms with Gasteiger partial charge in [-0.15, -0.1) is 16.4 Å². The lowest BCUT2D eigenvalue weighted by atomic mass is 10.0. The highest BCUT2D eigenvalue weighted by atomic mass is 32.1. The van der Waals surface area contributed by atoms with Crippen LogP contribution in [0, 0.1) is 0 Å². The van der Waals surface area contributed by atoms with Crippen molar-refractivity contribution in [2.75, 3.05) is 12.4 Å². The molecule has 0 atom stereocenters. The lowest BCUT2D eigenvalue weighted by molar-refractivity contribution is -0.116. The number of aromatic nitrogens is 4. The smallest absolute Gasteiger partial charge is 0.250 e. The van der Waals surface area contributed by atoms with Gasteiger partial charge in [-0.2, -0.15) is 4.98 Å². The molecule has 2 aromatic carbocycles. The van der Waals surface area contributed by atoms with Crippen LogP contribution < -0.4 is 10.1 Å². The van der Waals surface area contributed by atoms with Crippen molar-refractivity contribution >= 4 is 28.2 Å². The number of ether oxygens (including phenoxy) is 1. The maximum absolute atomic E-state index is 12.5. The second-order valence-corrected chi connectivity index (χ2v) is 9.26. The summed E-state index contributed by atoms with van der Waals surface area (Å²) in [6, 6.07) is 16.0. The molecule has 0 aliphatic rings. The number of thiazole rings is 1. The minimum Gasteiger partial charge on any atom is -0.497 e. The van der Waals surface area contributed by atoms with Gasteiger partial charge in [0.2, 0.25) is 16.8 Å². The van der Waals surface area contributed by atoms with Gasteiger partial charge in [-0.3, -0.25) is 10.1 Å². The summed E-state index contributed by atoms with van der Waals surface area (Å²) in [4.78, 5) is 22.0. The lowest BCUT2D eigenvalue weighted by Crippen LogP contribution is -2.13. The molecule has 8 nitrogen and oxygen atoms in total. The largest absolute Gasteiger partial charge is 0.497 e. The Kier molecular flexibility index (Phi) is 6.33. The normalized spacial score (nSPS) is 11.3. The second kappa shape index (κ2) is 9.71. The molecule has 0 aliphatic heterocycles. The number of aryl methyl sites for hydroxylation is 1. The van der Waals surface area contributed by atoms with Gasteiger partial charge in [-0.25, -0.2) is 9.50 Å². The zero-order valence-corrected chi connectivity index (χ0v) is 20.5. The highest BCUT2D eigenvalue weighted by molar-refractivity contribution is 7.15. The fourth-order valence-electron chi connectivity index (χ4n) is 3.71. The minimum atomic E-state index is -0.202. The van der Waals surface area contributed by atoms with Crippen LogP contribution in [0.2, 0.25) is 0 Å². The summed E-state index contributed by atoms with van der Waals surface area (Å²) in [7, 11) is 1.63. The Morgan fingerprint density at radius 3 is 2.77 bits per heavy atom. The van der Waals surface area contributed by atoms with E-state index in [2.05, 4.69) is 46.4 Å². The molecule has 0 saturated heterocycles. The molecule has 1 N–H and O–H groups in total. The molecule has 35 heavy (non-hydrogen) atoms. The number of benzene rings is 2. The standard InChI is InChI=1S/C26H25N5O3S/c1-16(2)17-7-9-18(10-8-17)22-14-27-24(34-22)12-11-23(32)28-25-29-26-31(30-25)21(15-35-26)19-5-4-6-20(13-19)33-3/h4-10,13-16H,11-12H2,1-3H3,(H,28,30,32). The number of oxazole rings is 1. The van der Waals surface area contributed by atoms with Crippen LogP contribution in [-0.2, 0) is 11.2 Å². The third kappa shape index (κ3) is 4.95. The van der Waals surface area contributed by atoms with Gasteiger partial charge >= 0.3 is 0 Å². The van der Waals surface area contributed by atoms with E-state index in [-0.39, 0.29) is 18.3 Å². The van der Waals surface area contributed by atoms with E-state index in [9.17, 15) is 4.79 Å². The van der Waals surface area contributed by atoms with Crippen molar-refractivity contribution in [1.82, 2.24) is 19.6 Å². The molecular formula is C26H25N5O3S. The first-order valence-corrected chi connectivity index (χ1v) is 12.2. The number of methoxy groups -OCH3 is 1. The summed E-state index contributed by atoms with van der Waals surface area (Å²) in [6.07, 6.45) is 2.29. The maximum Gasteiger partial charge on any atom is 0.250 e. The number of hydrogen-bond donors (Lipinski definition) is 1. The van der Waals surface area contributed by atoms with E-state index in [4.69, 9.17) is 9.15 Å². The monoisotopic (exact) mass is 487 g/mol. The van der Waals surface area contributed by atoms with Gasteiger partial charge in [0.1, 0.15) is 5.75 Å². The molecule has 3 aromatic heterocycles. The highest BCUT2D eigenvalue weighted by Gasteiger charge is 2.15. The summed E-state index contributed by atoms with van der Waals surface area (Å²) in [6.45, 7) is 4.32. The Morgan fingerprint density at radius 1 is 1.17 bits per heavy atom. The Morgan fingerprint density at radius 2 is 2.00 bits per heavy atom. The maximum atomic E-state index is 12.5. The molecular weight excluding hydrogens is 462 g/mol. The average Bonchev–Trinajstić information content (AvgIpc) is 3.59. The van der Waals surface area contributed by atoms with Crippen LogP contribution in [0.5, 0.6) is 5.75 Å².